The van der Waals surface area contributed by atoms with Gasteiger partial charge in [0.1, 0.15) is 29.5 Å². The third kappa shape index (κ3) is 6.95. The minimum absolute atomic E-state index is 0.00772. The predicted octanol–water partition coefficient (Wildman–Crippen LogP) is 2.73. The van der Waals surface area contributed by atoms with Crippen molar-refractivity contribution in [3.63, 3.8) is 0 Å². The van der Waals surface area contributed by atoms with Gasteiger partial charge in [-0.25, -0.2) is 18.8 Å². The van der Waals surface area contributed by atoms with E-state index in [0.29, 0.717) is 11.1 Å². The zero-order chi connectivity index (χ0) is 32.3. The average Bonchev–Trinajstić information content (AvgIpc) is 3.27. The Labute approximate surface area is 254 Å². The van der Waals surface area contributed by atoms with Crippen LogP contribution in [-0.4, -0.2) is 81.8 Å². The SMILES string of the molecule is C=C[C@@H]1CC1(NC(=O)[C@@H]1C[C@@H](OC(=O)N2Cc3cccc(F)c3C2)CN1C(=O)C(NOC(=O)OCC(C)C)C(C)C)C(=O)O. The molecule has 1 aliphatic carbocycles. The number of nitrogens with zero attached hydrogens (tertiary/aromatic N) is 2. The molecule has 2 fully saturated rings. The highest BCUT2D eigenvalue weighted by molar-refractivity contribution is 5.95. The summed E-state index contributed by atoms with van der Waals surface area (Å²) >= 11 is 0. The van der Waals surface area contributed by atoms with E-state index in [0.717, 1.165) is 0 Å². The first-order valence-corrected chi connectivity index (χ1v) is 14.6. The molecule has 240 valence electrons. The number of carboxylic acids is 1. The Kier molecular flexibility index (Phi) is 9.81. The highest BCUT2D eigenvalue weighted by atomic mass is 19.1. The quantitative estimate of drug-likeness (QED) is 0.191. The molecular weight excluding hydrogens is 579 g/mol. The number of hydrogen-bond donors (Lipinski definition) is 3. The third-order valence-electron chi connectivity index (χ3n) is 8.06. The first-order valence-electron chi connectivity index (χ1n) is 14.6. The van der Waals surface area contributed by atoms with Crippen molar-refractivity contribution < 1.29 is 47.8 Å². The van der Waals surface area contributed by atoms with Crippen molar-refractivity contribution in [1.82, 2.24) is 20.6 Å². The molecule has 3 N–H and O–H groups in total. The van der Waals surface area contributed by atoms with Crippen LogP contribution in [0.15, 0.2) is 30.9 Å². The van der Waals surface area contributed by atoms with Gasteiger partial charge in [0.05, 0.1) is 19.7 Å². The molecule has 0 bridgehead atoms. The topological polar surface area (TPSA) is 164 Å². The van der Waals surface area contributed by atoms with Crippen molar-refractivity contribution in [2.45, 2.75) is 77.4 Å². The van der Waals surface area contributed by atoms with Crippen LogP contribution in [0.1, 0.15) is 51.7 Å². The Balaban J connectivity index is 1.49. The van der Waals surface area contributed by atoms with E-state index in [-0.39, 0.29) is 45.0 Å². The van der Waals surface area contributed by atoms with Crippen LogP contribution in [0.25, 0.3) is 0 Å². The van der Waals surface area contributed by atoms with Crippen molar-refractivity contribution in [3.05, 3.63) is 47.8 Å². The van der Waals surface area contributed by atoms with Crippen LogP contribution in [-0.2, 0) is 41.8 Å². The number of benzene rings is 1. The number of nitrogens with one attached hydrogen (secondary N) is 2. The number of likely N-dealkylation sites (tertiary alicyclic amines) is 1. The number of fused-ring (bicyclic) bond motifs is 1. The minimum Gasteiger partial charge on any atom is -0.479 e. The van der Waals surface area contributed by atoms with Crippen molar-refractivity contribution >= 4 is 30.0 Å². The van der Waals surface area contributed by atoms with Crippen LogP contribution >= 0.6 is 0 Å². The standard InChI is InChI=1S/C30H39FN4O9/c1-6-19-11-30(19,27(38)39)32-25(36)23-10-20(43-28(40)34-12-18-8-7-9-22(31)21(18)14-34)13-35(23)26(37)24(17(4)5)33-44-29(41)42-15-16(2)3/h6-9,16-17,19-20,23-24,33H,1,10-15H2,2-5H3,(H,32,36)(H,38,39)/t19-,20-,23+,24?,30?/m1/s1. The monoisotopic (exact) mass is 618 g/mol. The van der Waals surface area contributed by atoms with E-state index < -0.39 is 71.4 Å². The normalized spacial score (nSPS) is 24.5. The number of carbonyl (C=O) groups is 5. The lowest BCUT2D eigenvalue weighted by Gasteiger charge is -2.30. The lowest BCUT2D eigenvalue weighted by atomic mass is 10.0. The highest BCUT2D eigenvalue weighted by Crippen LogP contribution is 2.45. The summed E-state index contributed by atoms with van der Waals surface area (Å²) in [4.78, 5) is 72.0. The Morgan fingerprint density at radius 3 is 2.50 bits per heavy atom. The van der Waals surface area contributed by atoms with E-state index >= 15 is 0 Å². The van der Waals surface area contributed by atoms with E-state index in [1.165, 1.54) is 21.9 Å². The number of aliphatic carboxylic acids is 1. The van der Waals surface area contributed by atoms with E-state index in [9.17, 15) is 33.5 Å². The molecule has 14 heteroatoms. The van der Waals surface area contributed by atoms with Gasteiger partial charge in [-0.05, 0) is 29.9 Å². The summed E-state index contributed by atoms with van der Waals surface area (Å²) in [5.41, 5.74) is 1.93. The number of rotatable bonds is 11. The molecule has 2 unspecified atom stereocenters. The second kappa shape index (κ2) is 13.2. The number of hydroxylamine groups is 1. The lowest BCUT2D eigenvalue weighted by Crippen LogP contribution is -2.57. The molecular formula is C30H39FN4O9. The van der Waals surface area contributed by atoms with Gasteiger partial charge < -0.3 is 29.6 Å². The van der Waals surface area contributed by atoms with Gasteiger partial charge in [0, 0.05) is 24.4 Å². The number of halogens is 1. The summed E-state index contributed by atoms with van der Waals surface area (Å²) in [5.74, 6) is -3.89. The van der Waals surface area contributed by atoms with Crippen LogP contribution in [0.4, 0.5) is 14.0 Å². The van der Waals surface area contributed by atoms with Crippen molar-refractivity contribution in [1.29, 1.82) is 0 Å². The third-order valence-corrected chi connectivity index (χ3v) is 8.06. The molecule has 3 amide bonds. The van der Waals surface area contributed by atoms with Crippen molar-refractivity contribution in [2.75, 3.05) is 13.2 Å². The smallest absolute Gasteiger partial charge is 0.479 e. The van der Waals surface area contributed by atoms with Crippen LogP contribution < -0.4 is 10.8 Å². The van der Waals surface area contributed by atoms with E-state index in [1.54, 1.807) is 26.0 Å². The largest absolute Gasteiger partial charge is 0.527 e. The first-order chi connectivity index (χ1) is 20.8. The van der Waals surface area contributed by atoms with Crippen LogP contribution in [0.3, 0.4) is 0 Å². The van der Waals surface area contributed by atoms with Gasteiger partial charge in [-0.1, -0.05) is 45.9 Å². The van der Waals surface area contributed by atoms with Crippen molar-refractivity contribution in [2.24, 2.45) is 17.8 Å². The molecule has 5 atom stereocenters. The molecule has 1 saturated heterocycles. The molecule has 44 heavy (non-hydrogen) atoms. The first kappa shape index (κ1) is 32.7. The average molecular weight is 619 g/mol. The van der Waals surface area contributed by atoms with Gasteiger partial charge in [0.15, 0.2) is 0 Å². The molecule has 13 nitrogen and oxygen atoms in total. The fourth-order valence-electron chi connectivity index (χ4n) is 5.45. The Morgan fingerprint density at radius 2 is 1.91 bits per heavy atom. The molecule has 3 aliphatic rings. The van der Waals surface area contributed by atoms with Gasteiger partial charge in [-0.2, -0.15) is 0 Å². The number of ether oxygens (including phenoxy) is 2. The zero-order valence-electron chi connectivity index (χ0n) is 25.2. The summed E-state index contributed by atoms with van der Waals surface area (Å²) < 4.78 is 24.9. The fraction of sp³-hybridized carbons (Fsp3) is 0.567. The number of carbonyl (C=O) groups excluding carboxylic acids is 4. The Morgan fingerprint density at radius 1 is 1.18 bits per heavy atom. The molecule has 1 aromatic rings. The molecule has 0 spiro atoms. The molecule has 4 rings (SSSR count). The summed E-state index contributed by atoms with van der Waals surface area (Å²) in [5, 5.41) is 12.4. The lowest BCUT2D eigenvalue weighted by molar-refractivity contribution is -0.147. The van der Waals surface area contributed by atoms with Gasteiger partial charge in [-0.15, -0.1) is 12.1 Å². The molecule has 2 heterocycles. The maximum absolute atomic E-state index is 14.2. The number of hydrogen-bond acceptors (Lipinski definition) is 9. The van der Waals surface area contributed by atoms with E-state index in [2.05, 4.69) is 17.4 Å². The Bertz CT molecular complexity index is 1320. The fourth-order valence-corrected chi connectivity index (χ4v) is 5.45. The second-order valence-electron chi connectivity index (χ2n) is 12.2. The van der Waals surface area contributed by atoms with Gasteiger partial charge >= 0.3 is 18.2 Å². The predicted molar refractivity (Wildman–Crippen MR) is 152 cm³/mol. The second-order valence-corrected chi connectivity index (χ2v) is 12.2. The number of carboxylic acid groups (broad SMARTS) is 1. The molecule has 0 aromatic heterocycles. The molecule has 1 saturated carbocycles. The van der Waals surface area contributed by atoms with Crippen LogP contribution in [0.2, 0.25) is 0 Å². The zero-order valence-corrected chi connectivity index (χ0v) is 25.2. The van der Waals surface area contributed by atoms with E-state index in [4.69, 9.17) is 14.3 Å². The van der Waals surface area contributed by atoms with E-state index in [1.807, 2.05) is 13.8 Å². The van der Waals surface area contributed by atoms with Gasteiger partial charge in [0.2, 0.25) is 11.8 Å². The van der Waals surface area contributed by atoms with Gasteiger partial charge in [0.25, 0.3) is 0 Å². The minimum atomic E-state index is -1.55. The Hall–Kier alpha value is -4.20. The summed E-state index contributed by atoms with van der Waals surface area (Å²) in [7, 11) is 0. The molecule has 0 radical (unpaired) electrons. The molecule has 1 aromatic carbocycles. The maximum Gasteiger partial charge on any atom is 0.527 e. The highest BCUT2D eigenvalue weighted by Gasteiger charge is 2.61. The van der Waals surface area contributed by atoms with Crippen LogP contribution in [0.5, 0.6) is 0 Å². The summed E-state index contributed by atoms with van der Waals surface area (Å²) in [6, 6.07) is 2.27. The van der Waals surface area contributed by atoms with Crippen LogP contribution in [0, 0.1) is 23.6 Å². The van der Waals surface area contributed by atoms with Crippen molar-refractivity contribution in [3.8, 4) is 0 Å². The summed E-state index contributed by atoms with van der Waals surface area (Å²) in [6.45, 7) is 10.8. The number of amides is 3. The molecule has 2 aliphatic heterocycles. The summed E-state index contributed by atoms with van der Waals surface area (Å²) in [6.07, 6.45) is -1.24. The van der Waals surface area contributed by atoms with Gasteiger partial charge in [-0.3, -0.25) is 14.5 Å². The maximum atomic E-state index is 14.2.